The lowest BCUT2D eigenvalue weighted by molar-refractivity contribution is -0.120. The SMILES string of the molecule is COc1ccc(S(=O)(=O)N(CC(=O)N[C@H](C)c2ccc(C)cc2C)c2ccc(Cl)cc2)cc1OC. The first-order valence-corrected chi connectivity index (χ1v) is 12.8. The van der Waals surface area contributed by atoms with Gasteiger partial charge >= 0.3 is 0 Å². The molecule has 0 aromatic heterocycles. The number of hydrogen-bond donors (Lipinski definition) is 1. The van der Waals surface area contributed by atoms with Crippen LogP contribution in [0.15, 0.2) is 65.6 Å². The van der Waals surface area contributed by atoms with Crippen molar-refractivity contribution in [2.45, 2.75) is 31.7 Å². The Labute approximate surface area is 211 Å². The quantitative estimate of drug-likeness (QED) is 0.430. The van der Waals surface area contributed by atoms with Crippen LogP contribution in [-0.2, 0) is 14.8 Å². The van der Waals surface area contributed by atoms with Crippen molar-refractivity contribution in [1.82, 2.24) is 5.32 Å². The lowest BCUT2D eigenvalue weighted by Gasteiger charge is -2.26. The highest BCUT2D eigenvalue weighted by molar-refractivity contribution is 7.92. The summed E-state index contributed by atoms with van der Waals surface area (Å²) in [7, 11) is -1.25. The summed E-state index contributed by atoms with van der Waals surface area (Å²) in [5.41, 5.74) is 3.44. The molecule has 35 heavy (non-hydrogen) atoms. The van der Waals surface area contributed by atoms with Crippen LogP contribution in [0.2, 0.25) is 5.02 Å². The van der Waals surface area contributed by atoms with E-state index in [2.05, 4.69) is 5.32 Å². The minimum absolute atomic E-state index is 0.0414. The van der Waals surface area contributed by atoms with E-state index in [0.29, 0.717) is 16.5 Å². The highest BCUT2D eigenvalue weighted by Crippen LogP contribution is 2.32. The van der Waals surface area contributed by atoms with E-state index in [1.807, 2.05) is 39.0 Å². The predicted octanol–water partition coefficient (Wildman–Crippen LogP) is 5.05. The third kappa shape index (κ3) is 6.07. The molecule has 0 aliphatic rings. The second-order valence-electron chi connectivity index (χ2n) is 8.15. The molecule has 3 aromatic rings. The van der Waals surface area contributed by atoms with E-state index in [-0.39, 0.29) is 16.7 Å². The van der Waals surface area contributed by atoms with Gasteiger partial charge in [-0.05, 0) is 68.3 Å². The van der Waals surface area contributed by atoms with E-state index in [1.54, 1.807) is 24.3 Å². The van der Waals surface area contributed by atoms with E-state index < -0.39 is 22.5 Å². The van der Waals surface area contributed by atoms with Crippen LogP contribution in [0.3, 0.4) is 0 Å². The fourth-order valence-corrected chi connectivity index (χ4v) is 5.40. The molecule has 0 bridgehead atoms. The molecule has 0 unspecified atom stereocenters. The van der Waals surface area contributed by atoms with Gasteiger partial charge in [-0.3, -0.25) is 9.10 Å². The highest BCUT2D eigenvalue weighted by atomic mass is 35.5. The molecule has 0 heterocycles. The number of methoxy groups -OCH3 is 2. The predicted molar refractivity (Wildman–Crippen MR) is 138 cm³/mol. The summed E-state index contributed by atoms with van der Waals surface area (Å²) >= 11 is 6.01. The van der Waals surface area contributed by atoms with Gasteiger partial charge in [0.05, 0.1) is 30.8 Å². The number of benzene rings is 3. The Morgan fingerprint density at radius 1 is 0.971 bits per heavy atom. The molecular formula is C26H29ClN2O5S. The van der Waals surface area contributed by atoms with Crippen molar-refractivity contribution in [3.05, 3.63) is 82.4 Å². The highest BCUT2D eigenvalue weighted by Gasteiger charge is 2.29. The van der Waals surface area contributed by atoms with Crippen LogP contribution in [0.4, 0.5) is 5.69 Å². The maximum absolute atomic E-state index is 13.7. The number of halogens is 1. The van der Waals surface area contributed by atoms with Gasteiger partial charge in [0, 0.05) is 11.1 Å². The molecule has 1 amide bonds. The molecule has 0 aliphatic heterocycles. The third-order valence-electron chi connectivity index (χ3n) is 5.61. The Bertz CT molecular complexity index is 1310. The average molecular weight is 517 g/mol. The maximum atomic E-state index is 13.7. The summed E-state index contributed by atoms with van der Waals surface area (Å²) < 4.78 is 38.9. The van der Waals surface area contributed by atoms with E-state index in [9.17, 15) is 13.2 Å². The van der Waals surface area contributed by atoms with Gasteiger partial charge in [0.1, 0.15) is 6.54 Å². The fraction of sp³-hybridized carbons (Fsp3) is 0.269. The van der Waals surface area contributed by atoms with Gasteiger partial charge in [-0.1, -0.05) is 35.4 Å². The average Bonchev–Trinajstić information content (AvgIpc) is 2.82. The van der Waals surface area contributed by atoms with Crippen LogP contribution >= 0.6 is 11.6 Å². The lowest BCUT2D eigenvalue weighted by Crippen LogP contribution is -2.41. The number of nitrogens with one attached hydrogen (secondary N) is 1. The van der Waals surface area contributed by atoms with E-state index in [4.69, 9.17) is 21.1 Å². The van der Waals surface area contributed by atoms with Gasteiger partial charge in [0.2, 0.25) is 5.91 Å². The number of carbonyl (C=O) groups excluding carboxylic acids is 1. The fourth-order valence-electron chi connectivity index (χ4n) is 3.83. The number of carbonyl (C=O) groups is 1. The Hall–Kier alpha value is -3.23. The van der Waals surface area contributed by atoms with Crippen molar-refractivity contribution in [3.63, 3.8) is 0 Å². The number of ether oxygens (including phenoxy) is 2. The number of anilines is 1. The van der Waals surface area contributed by atoms with Crippen molar-refractivity contribution in [1.29, 1.82) is 0 Å². The minimum Gasteiger partial charge on any atom is -0.493 e. The molecule has 0 radical (unpaired) electrons. The van der Waals surface area contributed by atoms with Crippen molar-refractivity contribution < 1.29 is 22.7 Å². The molecule has 7 nitrogen and oxygen atoms in total. The third-order valence-corrected chi connectivity index (χ3v) is 7.64. The molecule has 0 saturated carbocycles. The number of amides is 1. The summed E-state index contributed by atoms with van der Waals surface area (Å²) in [5, 5.41) is 3.37. The second-order valence-corrected chi connectivity index (χ2v) is 10.5. The molecule has 0 spiro atoms. The molecule has 0 aliphatic carbocycles. The standard InChI is InChI=1S/C26H29ClN2O5S/c1-17-6-12-23(18(2)14-17)19(3)28-26(30)16-29(21-9-7-20(27)8-10-21)35(31,32)22-11-13-24(33-4)25(15-22)34-5/h6-15,19H,16H2,1-5H3,(H,28,30)/t19-/m1/s1. The molecule has 1 N–H and O–H groups in total. The smallest absolute Gasteiger partial charge is 0.264 e. The Morgan fingerprint density at radius 3 is 2.23 bits per heavy atom. The molecule has 3 rings (SSSR count). The summed E-state index contributed by atoms with van der Waals surface area (Å²) in [4.78, 5) is 13.0. The van der Waals surface area contributed by atoms with Crippen LogP contribution in [0.25, 0.3) is 0 Å². The van der Waals surface area contributed by atoms with Crippen molar-refractivity contribution >= 4 is 33.2 Å². The number of hydrogen-bond acceptors (Lipinski definition) is 5. The number of aryl methyl sites for hydroxylation is 2. The van der Waals surface area contributed by atoms with E-state index >= 15 is 0 Å². The van der Waals surface area contributed by atoms with Crippen LogP contribution < -0.4 is 19.1 Å². The Morgan fingerprint density at radius 2 is 1.63 bits per heavy atom. The van der Waals surface area contributed by atoms with Gasteiger partial charge in [-0.25, -0.2) is 8.42 Å². The first-order chi connectivity index (χ1) is 16.6. The van der Waals surface area contributed by atoms with Gasteiger partial charge in [0.25, 0.3) is 10.0 Å². The zero-order chi connectivity index (χ0) is 25.8. The Balaban J connectivity index is 1.94. The maximum Gasteiger partial charge on any atom is 0.264 e. The zero-order valence-corrected chi connectivity index (χ0v) is 21.9. The number of nitrogens with zero attached hydrogens (tertiary/aromatic N) is 1. The minimum atomic E-state index is -4.14. The largest absolute Gasteiger partial charge is 0.493 e. The topological polar surface area (TPSA) is 84.9 Å². The summed E-state index contributed by atoms with van der Waals surface area (Å²) in [6.45, 7) is 5.42. The summed E-state index contributed by atoms with van der Waals surface area (Å²) in [6.07, 6.45) is 0. The first kappa shape index (κ1) is 26.4. The van der Waals surface area contributed by atoms with Crippen molar-refractivity contribution in [2.75, 3.05) is 25.1 Å². The number of rotatable bonds is 9. The summed E-state index contributed by atoms with van der Waals surface area (Å²) in [6, 6.07) is 16.2. The summed E-state index contributed by atoms with van der Waals surface area (Å²) in [5.74, 6) is 0.207. The van der Waals surface area contributed by atoms with Crippen LogP contribution in [0.5, 0.6) is 11.5 Å². The zero-order valence-electron chi connectivity index (χ0n) is 20.3. The van der Waals surface area contributed by atoms with E-state index in [1.165, 1.54) is 32.4 Å². The van der Waals surface area contributed by atoms with Crippen molar-refractivity contribution in [3.8, 4) is 11.5 Å². The normalized spacial score (nSPS) is 12.1. The molecule has 3 aromatic carbocycles. The molecule has 1 atom stereocenters. The van der Waals surface area contributed by atoms with Gasteiger partial charge in [-0.2, -0.15) is 0 Å². The van der Waals surface area contributed by atoms with Crippen LogP contribution in [0.1, 0.15) is 29.7 Å². The monoisotopic (exact) mass is 516 g/mol. The molecule has 0 saturated heterocycles. The second kappa shape index (κ2) is 11.0. The molecule has 9 heteroatoms. The molecule has 0 fully saturated rings. The van der Waals surface area contributed by atoms with Gasteiger partial charge < -0.3 is 14.8 Å². The van der Waals surface area contributed by atoms with Gasteiger partial charge in [-0.15, -0.1) is 0 Å². The first-order valence-electron chi connectivity index (χ1n) is 10.9. The van der Waals surface area contributed by atoms with E-state index in [0.717, 1.165) is 21.0 Å². The molecular weight excluding hydrogens is 488 g/mol. The Kier molecular flexibility index (Phi) is 8.30. The lowest BCUT2D eigenvalue weighted by atomic mass is 10.0. The van der Waals surface area contributed by atoms with Crippen LogP contribution in [0, 0.1) is 13.8 Å². The number of sulfonamides is 1. The van der Waals surface area contributed by atoms with Gasteiger partial charge in [0.15, 0.2) is 11.5 Å². The molecule has 186 valence electrons. The van der Waals surface area contributed by atoms with Crippen LogP contribution in [-0.4, -0.2) is 35.1 Å². The van der Waals surface area contributed by atoms with Crippen molar-refractivity contribution in [2.24, 2.45) is 0 Å².